The van der Waals surface area contributed by atoms with Crippen molar-refractivity contribution in [1.29, 1.82) is 0 Å². The topological polar surface area (TPSA) is 96.0 Å². The fourth-order valence-corrected chi connectivity index (χ4v) is 1.28. The first-order valence-electron chi connectivity index (χ1n) is 2.17. The Morgan fingerprint density at radius 3 is 1.55 bits per heavy atom. The van der Waals surface area contributed by atoms with Crippen molar-refractivity contribution in [3.05, 3.63) is 0 Å². The Morgan fingerprint density at radius 2 is 1.27 bits per heavy atom. The Morgan fingerprint density at radius 1 is 0.909 bits per heavy atom. The summed E-state index contributed by atoms with van der Waals surface area (Å²) in [6, 6.07) is 0. The smallest absolute Gasteiger partial charge is 0.377 e. The van der Waals surface area contributed by atoms with Gasteiger partial charge in [-0.3, -0.25) is 9.59 Å². The van der Waals surface area contributed by atoms with Gasteiger partial charge in [0.1, 0.15) is 0 Å². The summed E-state index contributed by atoms with van der Waals surface area (Å²) in [7, 11) is -6.26. The quantitative estimate of drug-likeness (QED) is 0.445. The zero-order valence-electron chi connectivity index (χ0n) is 5.01. The number of hydrogen-bond donors (Lipinski definition) is 0. The van der Waals surface area contributed by atoms with E-state index in [0.717, 1.165) is 0 Å². The van der Waals surface area contributed by atoms with Crippen LogP contribution in [0.5, 0.6) is 0 Å². The van der Waals surface area contributed by atoms with Gasteiger partial charge in [0.15, 0.2) is 0 Å². The maximum atomic E-state index is 10.3. The fraction of sp³-hybridized carbons (Fsp3) is 0. The van der Waals surface area contributed by atoms with Crippen molar-refractivity contribution in [3.8, 4) is 0 Å². The van der Waals surface area contributed by atoms with Crippen molar-refractivity contribution in [2.24, 2.45) is 0 Å². The van der Waals surface area contributed by atoms with Gasteiger partial charge in [-0.1, -0.05) is 0 Å². The molecule has 0 saturated carbocycles. The van der Waals surface area contributed by atoms with Crippen LogP contribution in [0.15, 0.2) is 0 Å². The van der Waals surface area contributed by atoms with Crippen LogP contribution >= 0.6 is 16.5 Å². The van der Waals surface area contributed by atoms with Gasteiger partial charge < -0.3 is 9.05 Å². The molecule has 0 heterocycles. The third-order valence-corrected chi connectivity index (χ3v) is 2.37. The molecule has 0 spiro atoms. The second-order valence-corrected chi connectivity index (χ2v) is 3.32. The predicted molar refractivity (Wildman–Crippen MR) is 33.4 cm³/mol. The van der Waals surface area contributed by atoms with Gasteiger partial charge in [0.25, 0.3) is 12.9 Å². The van der Waals surface area contributed by atoms with E-state index >= 15 is 0 Å². The Bertz CT molecular complexity index is 167. The average molecular weight is 202 g/mol. The van der Waals surface area contributed by atoms with Crippen LogP contribution in [-0.4, -0.2) is 12.9 Å². The summed E-state index contributed by atoms with van der Waals surface area (Å²) in [4.78, 5) is 19.0. The first-order valence-corrected chi connectivity index (χ1v) is 4.62. The van der Waals surface area contributed by atoms with Gasteiger partial charge in [-0.25, -0.2) is 13.4 Å². The minimum atomic E-state index is -3.13. The van der Waals surface area contributed by atoms with Crippen molar-refractivity contribution < 1.29 is 32.1 Å². The van der Waals surface area contributed by atoms with E-state index in [1.54, 1.807) is 0 Å². The van der Waals surface area contributed by atoms with Gasteiger partial charge in [0.05, 0.1) is 0 Å². The second kappa shape index (κ2) is 6.09. The highest BCUT2D eigenvalue weighted by atomic mass is 31.2. The van der Waals surface area contributed by atoms with Crippen LogP contribution in [0.2, 0.25) is 0 Å². The van der Waals surface area contributed by atoms with E-state index in [1.807, 2.05) is 0 Å². The molecule has 0 amide bonds. The van der Waals surface area contributed by atoms with Gasteiger partial charge in [0.2, 0.25) is 0 Å². The average Bonchev–Trinajstić information content (AvgIpc) is 1.87. The normalized spacial score (nSPS) is 14.5. The SMILES string of the molecule is O=CO[PH](=O)O[PH](=O)OC=O. The van der Waals surface area contributed by atoms with Crippen LogP contribution in [0.4, 0.5) is 0 Å². The first kappa shape index (κ1) is 10.4. The zero-order valence-corrected chi connectivity index (χ0v) is 7.01. The number of hydrogen-bond acceptors (Lipinski definition) is 7. The lowest BCUT2D eigenvalue weighted by Gasteiger charge is -1.98. The summed E-state index contributed by atoms with van der Waals surface area (Å²) < 4.78 is 31.9. The Balaban J connectivity index is 3.65. The molecule has 0 aromatic carbocycles. The van der Waals surface area contributed by atoms with E-state index in [2.05, 4.69) is 13.4 Å². The van der Waals surface area contributed by atoms with E-state index in [-0.39, 0.29) is 12.9 Å². The Hall–Kier alpha value is -0.640. The maximum absolute atomic E-state index is 10.3. The molecule has 0 saturated heterocycles. The molecule has 64 valence electrons. The van der Waals surface area contributed by atoms with E-state index < -0.39 is 16.5 Å². The van der Waals surface area contributed by atoms with Crippen molar-refractivity contribution in [1.82, 2.24) is 0 Å². The molecule has 0 aliphatic heterocycles. The van der Waals surface area contributed by atoms with Crippen LogP contribution in [0, 0.1) is 0 Å². The van der Waals surface area contributed by atoms with E-state index in [9.17, 15) is 18.7 Å². The highest BCUT2D eigenvalue weighted by Gasteiger charge is 2.05. The van der Waals surface area contributed by atoms with Gasteiger partial charge in [-0.15, -0.1) is 0 Å². The molecule has 0 rings (SSSR count). The summed E-state index contributed by atoms with van der Waals surface area (Å²) >= 11 is 0. The summed E-state index contributed by atoms with van der Waals surface area (Å²) in [6.45, 7) is -0.255. The lowest BCUT2D eigenvalue weighted by molar-refractivity contribution is -0.120. The molecule has 0 radical (unpaired) electrons. The highest BCUT2D eigenvalue weighted by Crippen LogP contribution is 2.38. The second-order valence-electron chi connectivity index (χ2n) is 1.03. The summed E-state index contributed by atoms with van der Waals surface area (Å²) in [5, 5.41) is 0. The van der Waals surface area contributed by atoms with E-state index in [4.69, 9.17) is 0 Å². The Kier molecular flexibility index (Phi) is 5.74. The van der Waals surface area contributed by atoms with Crippen LogP contribution in [0.25, 0.3) is 0 Å². The van der Waals surface area contributed by atoms with Crippen molar-refractivity contribution in [2.75, 3.05) is 0 Å². The van der Waals surface area contributed by atoms with Gasteiger partial charge in [-0.2, -0.15) is 0 Å². The van der Waals surface area contributed by atoms with E-state index in [0.29, 0.717) is 0 Å². The molecule has 0 fully saturated rings. The fourth-order valence-electron chi connectivity index (χ4n) is 0.195. The molecule has 0 aromatic rings. The monoisotopic (exact) mass is 202 g/mol. The van der Waals surface area contributed by atoms with Gasteiger partial charge in [-0.05, 0) is 0 Å². The summed E-state index contributed by atoms with van der Waals surface area (Å²) in [6.07, 6.45) is 0. The standard InChI is InChI=1S/C2H4O7P2/c3-1-7-10(5)9-11(6)8-2-4/h1-2,10-11H. The minimum absolute atomic E-state index is 0.128. The van der Waals surface area contributed by atoms with Crippen LogP contribution in [0.3, 0.4) is 0 Å². The largest absolute Gasteiger partial charge is 0.396 e. The van der Waals surface area contributed by atoms with Crippen LogP contribution < -0.4 is 0 Å². The molecular formula is C2H4O7P2. The number of carbonyl (C=O) groups excluding carboxylic acids is 2. The third-order valence-electron chi connectivity index (χ3n) is 0.455. The lowest BCUT2D eigenvalue weighted by atomic mass is 11.7. The summed E-state index contributed by atoms with van der Waals surface area (Å²) in [5.41, 5.74) is 0. The number of rotatable bonds is 6. The zero-order chi connectivity index (χ0) is 8.69. The third kappa shape index (κ3) is 5.79. The summed E-state index contributed by atoms with van der Waals surface area (Å²) in [5.74, 6) is 0. The molecule has 0 bridgehead atoms. The lowest BCUT2D eigenvalue weighted by Crippen LogP contribution is -1.77. The molecule has 2 unspecified atom stereocenters. The molecule has 0 aromatic heterocycles. The molecule has 0 aliphatic carbocycles. The molecule has 2 atom stereocenters. The van der Waals surface area contributed by atoms with Crippen LogP contribution in [0.1, 0.15) is 0 Å². The number of carbonyl (C=O) groups is 2. The molecule has 11 heavy (non-hydrogen) atoms. The minimum Gasteiger partial charge on any atom is -0.396 e. The van der Waals surface area contributed by atoms with Gasteiger partial charge >= 0.3 is 16.5 Å². The Labute approximate surface area is 62.5 Å². The van der Waals surface area contributed by atoms with Crippen molar-refractivity contribution in [3.63, 3.8) is 0 Å². The van der Waals surface area contributed by atoms with Crippen LogP contribution in [-0.2, 0) is 32.1 Å². The van der Waals surface area contributed by atoms with Crippen molar-refractivity contribution >= 4 is 29.5 Å². The first-order chi connectivity index (χ1) is 5.20. The molecule has 9 heteroatoms. The molecule has 0 N–H and O–H groups in total. The predicted octanol–water partition coefficient (Wildman–Crippen LogP) is 0.128. The maximum Gasteiger partial charge on any atom is 0.377 e. The highest BCUT2D eigenvalue weighted by molar-refractivity contribution is 7.48. The van der Waals surface area contributed by atoms with Gasteiger partial charge in [0, 0.05) is 0 Å². The molecule has 0 aliphatic rings. The van der Waals surface area contributed by atoms with Crippen molar-refractivity contribution in [2.45, 2.75) is 0 Å². The van der Waals surface area contributed by atoms with E-state index in [1.165, 1.54) is 0 Å². The molecular weight excluding hydrogens is 198 g/mol. The molecule has 7 nitrogen and oxygen atoms in total.